The Morgan fingerprint density at radius 2 is 1.43 bits per heavy atom. The van der Waals surface area contributed by atoms with Crippen LogP contribution in [0.15, 0.2) is 71.6 Å². The van der Waals surface area contributed by atoms with Gasteiger partial charge in [-0.25, -0.2) is 8.42 Å². The number of rotatable bonds is 4. The topological polar surface area (TPSA) is 40.6 Å². The van der Waals surface area contributed by atoms with E-state index in [1.165, 1.54) is 16.4 Å². The second kappa shape index (κ2) is 8.02. The minimum atomic E-state index is -4.40. The quantitative estimate of drug-likeness (QED) is 0.613. The molecule has 0 saturated carbocycles. The fraction of sp³-hybridized carbons (Fsp3) is 0.273. The van der Waals surface area contributed by atoms with Crippen molar-refractivity contribution in [1.29, 1.82) is 0 Å². The van der Waals surface area contributed by atoms with Gasteiger partial charge in [-0.3, -0.25) is 4.90 Å². The summed E-state index contributed by atoms with van der Waals surface area (Å²) in [4.78, 5) is 2.09. The van der Waals surface area contributed by atoms with Crippen LogP contribution in [0.2, 0.25) is 0 Å². The molecule has 0 aromatic heterocycles. The lowest BCUT2D eigenvalue weighted by atomic mass is 10.1. The molecule has 1 aliphatic heterocycles. The highest BCUT2D eigenvalue weighted by molar-refractivity contribution is 7.89. The minimum absolute atomic E-state index is 0.138. The fourth-order valence-electron chi connectivity index (χ4n) is 3.78. The van der Waals surface area contributed by atoms with Gasteiger partial charge in [0.25, 0.3) is 0 Å². The molecule has 0 amide bonds. The molecule has 4 nitrogen and oxygen atoms in total. The molecule has 0 bridgehead atoms. The summed E-state index contributed by atoms with van der Waals surface area (Å²) >= 11 is 0. The number of hydrogen-bond acceptors (Lipinski definition) is 3. The van der Waals surface area contributed by atoms with E-state index >= 15 is 0 Å². The van der Waals surface area contributed by atoms with Gasteiger partial charge in [-0.15, -0.1) is 0 Å². The van der Waals surface area contributed by atoms with Crippen LogP contribution >= 0.6 is 0 Å². The van der Waals surface area contributed by atoms with E-state index < -0.39 is 21.8 Å². The number of sulfonamides is 1. The van der Waals surface area contributed by atoms with Crippen molar-refractivity contribution >= 4 is 20.8 Å². The summed E-state index contributed by atoms with van der Waals surface area (Å²) in [6, 6.07) is 18.1. The van der Waals surface area contributed by atoms with Gasteiger partial charge in [0, 0.05) is 32.7 Å². The zero-order valence-electron chi connectivity index (χ0n) is 16.1. The maximum absolute atomic E-state index is 13.2. The van der Waals surface area contributed by atoms with Crippen LogP contribution in [-0.2, 0) is 22.7 Å². The van der Waals surface area contributed by atoms with Crippen molar-refractivity contribution in [1.82, 2.24) is 9.21 Å². The van der Waals surface area contributed by atoms with Crippen LogP contribution in [0.1, 0.15) is 11.1 Å². The Labute approximate surface area is 173 Å². The van der Waals surface area contributed by atoms with Gasteiger partial charge in [-0.05, 0) is 34.5 Å². The standard InChI is InChI=1S/C22H21F3N2O2S/c23-22(24,25)21-8-4-3-7-19(21)16-26-11-13-27(14-12-26)30(28,29)20-10-9-17-5-1-2-6-18(17)15-20/h1-10,15H,11-14,16H2. The van der Waals surface area contributed by atoms with Gasteiger partial charge in [-0.2, -0.15) is 17.5 Å². The number of benzene rings is 3. The highest BCUT2D eigenvalue weighted by Crippen LogP contribution is 2.32. The number of nitrogens with zero attached hydrogens (tertiary/aromatic N) is 2. The number of halogens is 3. The molecule has 3 aromatic rings. The molecule has 1 fully saturated rings. The van der Waals surface area contributed by atoms with Gasteiger partial charge in [0.2, 0.25) is 10.0 Å². The van der Waals surface area contributed by atoms with E-state index in [-0.39, 0.29) is 30.1 Å². The third-order valence-corrected chi connectivity index (χ3v) is 7.30. The lowest BCUT2D eigenvalue weighted by Gasteiger charge is -2.34. The first-order valence-electron chi connectivity index (χ1n) is 9.61. The Kier molecular flexibility index (Phi) is 5.57. The van der Waals surface area contributed by atoms with Crippen LogP contribution in [0.25, 0.3) is 10.8 Å². The molecule has 0 spiro atoms. The van der Waals surface area contributed by atoms with E-state index in [0.29, 0.717) is 13.1 Å². The Morgan fingerprint density at radius 1 is 0.800 bits per heavy atom. The SMILES string of the molecule is O=S(=O)(c1ccc2ccccc2c1)N1CCN(Cc2ccccc2C(F)(F)F)CC1. The molecule has 0 unspecified atom stereocenters. The van der Waals surface area contributed by atoms with Gasteiger partial charge >= 0.3 is 6.18 Å². The van der Waals surface area contributed by atoms with E-state index in [1.807, 2.05) is 29.2 Å². The molecule has 158 valence electrons. The highest BCUT2D eigenvalue weighted by Gasteiger charge is 2.34. The summed E-state index contributed by atoms with van der Waals surface area (Å²) in [6.07, 6.45) is -4.40. The maximum Gasteiger partial charge on any atom is 0.416 e. The number of hydrogen-bond donors (Lipinski definition) is 0. The molecule has 30 heavy (non-hydrogen) atoms. The normalized spacial score (nSPS) is 16.8. The van der Waals surface area contributed by atoms with Gasteiger partial charge in [0.1, 0.15) is 0 Å². The minimum Gasteiger partial charge on any atom is -0.296 e. The number of alkyl halides is 3. The molecule has 1 heterocycles. The molecular formula is C22H21F3N2O2S. The van der Waals surface area contributed by atoms with Crippen LogP contribution in [0.4, 0.5) is 13.2 Å². The van der Waals surface area contributed by atoms with Crippen molar-refractivity contribution < 1.29 is 21.6 Å². The Hall–Kier alpha value is -2.42. The van der Waals surface area contributed by atoms with Gasteiger partial charge in [0.15, 0.2) is 0 Å². The molecule has 0 radical (unpaired) electrons. The maximum atomic E-state index is 13.2. The average Bonchev–Trinajstić information content (AvgIpc) is 2.73. The summed E-state index contributed by atoms with van der Waals surface area (Å²) in [5.41, 5.74) is -0.438. The van der Waals surface area contributed by atoms with Gasteiger partial charge in [-0.1, -0.05) is 48.5 Å². The molecule has 0 aliphatic carbocycles. The summed E-state index contributed by atoms with van der Waals surface area (Å²) < 4.78 is 67.1. The van der Waals surface area contributed by atoms with Gasteiger partial charge < -0.3 is 0 Å². The number of fused-ring (bicyclic) bond motifs is 1. The lowest BCUT2D eigenvalue weighted by molar-refractivity contribution is -0.138. The van der Waals surface area contributed by atoms with E-state index in [0.717, 1.165) is 16.8 Å². The smallest absolute Gasteiger partial charge is 0.296 e. The molecular weight excluding hydrogens is 413 g/mol. The molecule has 1 aliphatic rings. The predicted octanol–water partition coefficient (Wildman–Crippen LogP) is 4.37. The lowest BCUT2D eigenvalue weighted by Crippen LogP contribution is -2.48. The largest absolute Gasteiger partial charge is 0.416 e. The van der Waals surface area contributed by atoms with Crippen LogP contribution in [0.5, 0.6) is 0 Å². The van der Waals surface area contributed by atoms with Crippen molar-refractivity contribution in [2.75, 3.05) is 26.2 Å². The summed E-state index contributed by atoms with van der Waals surface area (Å²) in [5.74, 6) is 0. The zero-order valence-corrected chi connectivity index (χ0v) is 17.0. The monoisotopic (exact) mass is 434 g/mol. The van der Waals surface area contributed by atoms with Crippen LogP contribution in [0, 0.1) is 0 Å². The molecule has 4 rings (SSSR count). The van der Waals surface area contributed by atoms with E-state index in [4.69, 9.17) is 0 Å². The first-order chi connectivity index (χ1) is 14.2. The molecule has 3 aromatic carbocycles. The molecule has 0 atom stereocenters. The van der Waals surface area contributed by atoms with Crippen molar-refractivity contribution in [3.05, 3.63) is 77.9 Å². The summed E-state index contributed by atoms with van der Waals surface area (Å²) in [5, 5.41) is 1.81. The Bertz CT molecular complexity index is 1150. The predicted molar refractivity (Wildman–Crippen MR) is 109 cm³/mol. The van der Waals surface area contributed by atoms with Crippen molar-refractivity contribution in [3.8, 4) is 0 Å². The summed E-state index contributed by atoms with van der Waals surface area (Å²) in [7, 11) is -3.65. The van der Waals surface area contributed by atoms with E-state index in [9.17, 15) is 21.6 Å². The molecule has 1 saturated heterocycles. The van der Waals surface area contributed by atoms with Crippen LogP contribution < -0.4 is 0 Å². The Balaban J connectivity index is 1.46. The van der Waals surface area contributed by atoms with Crippen LogP contribution in [0.3, 0.4) is 0 Å². The van der Waals surface area contributed by atoms with E-state index in [2.05, 4.69) is 0 Å². The van der Waals surface area contributed by atoms with E-state index in [1.54, 1.807) is 24.3 Å². The van der Waals surface area contributed by atoms with Gasteiger partial charge in [0.05, 0.1) is 10.5 Å². The first-order valence-corrected chi connectivity index (χ1v) is 11.1. The molecule has 0 N–H and O–H groups in total. The Morgan fingerprint density at radius 3 is 2.13 bits per heavy atom. The van der Waals surface area contributed by atoms with Crippen molar-refractivity contribution in [2.24, 2.45) is 0 Å². The average molecular weight is 434 g/mol. The second-order valence-corrected chi connectivity index (χ2v) is 9.28. The number of piperazine rings is 1. The second-order valence-electron chi connectivity index (χ2n) is 7.34. The summed E-state index contributed by atoms with van der Waals surface area (Å²) in [6.45, 7) is 1.37. The third kappa shape index (κ3) is 4.21. The molecule has 8 heteroatoms. The van der Waals surface area contributed by atoms with Crippen molar-refractivity contribution in [2.45, 2.75) is 17.6 Å². The highest BCUT2D eigenvalue weighted by atomic mass is 32.2. The third-order valence-electron chi connectivity index (χ3n) is 5.41. The first kappa shape index (κ1) is 20.8. The van der Waals surface area contributed by atoms with Crippen molar-refractivity contribution in [3.63, 3.8) is 0 Å². The van der Waals surface area contributed by atoms with Crippen LogP contribution in [-0.4, -0.2) is 43.8 Å². The fourth-order valence-corrected chi connectivity index (χ4v) is 5.24. The zero-order chi connectivity index (χ0) is 21.4.